The van der Waals surface area contributed by atoms with Gasteiger partial charge in [0.05, 0.1) is 12.0 Å². The number of carbonyl (C=O) groups excluding carboxylic acids is 1. The standard InChI is InChI=1S/C37H62N2O/c1-25(2)27-13-17-37(31(40)24-39-22-20-38(9)21-23-39)19-18-35(7)28(32(27)37)10-11-30-34(6)15-12-26(3)33(4,5)29(34)14-16-36(30,35)8/h25-26,28-30H,10-24H2,1-9H3/t26-,28+,29-,30+,34-,35+,36+,37+/m0/s1. The molecule has 5 aliphatic carbocycles. The minimum absolute atomic E-state index is 0.167. The van der Waals surface area contributed by atoms with Crippen molar-refractivity contribution in [2.75, 3.05) is 39.8 Å². The first-order valence-corrected chi connectivity index (χ1v) is 17.4. The van der Waals surface area contributed by atoms with Crippen molar-refractivity contribution in [2.45, 2.75) is 120 Å². The van der Waals surface area contributed by atoms with Crippen molar-refractivity contribution >= 4 is 5.78 Å². The lowest BCUT2D eigenvalue weighted by molar-refractivity contribution is -0.219. The summed E-state index contributed by atoms with van der Waals surface area (Å²) in [6.45, 7) is 25.7. The Bertz CT molecular complexity index is 1050. The first kappa shape index (κ1) is 29.4. The molecule has 226 valence electrons. The Labute approximate surface area is 247 Å². The molecule has 0 amide bonds. The number of fused-ring (bicyclic) bond motifs is 7. The maximum Gasteiger partial charge on any atom is 0.157 e. The van der Waals surface area contributed by atoms with Crippen LogP contribution in [0.3, 0.4) is 0 Å². The molecule has 0 bridgehead atoms. The quantitative estimate of drug-likeness (QED) is 0.329. The topological polar surface area (TPSA) is 23.6 Å². The lowest BCUT2D eigenvalue weighted by Crippen LogP contribution is -2.65. The number of allylic oxidation sites excluding steroid dienone is 2. The molecule has 4 saturated carbocycles. The highest BCUT2D eigenvalue weighted by molar-refractivity contribution is 5.91. The summed E-state index contributed by atoms with van der Waals surface area (Å²) in [5.74, 6) is 4.26. The van der Waals surface area contributed by atoms with Gasteiger partial charge in [-0.2, -0.15) is 0 Å². The molecule has 3 nitrogen and oxygen atoms in total. The zero-order valence-corrected chi connectivity index (χ0v) is 27.8. The third-order valence-electron chi connectivity index (χ3n) is 15.7. The summed E-state index contributed by atoms with van der Waals surface area (Å²) in [6, 6.07) is 0. The van der Waals surface area contributed by atoms with Gasteiger partial charge in [0.25, 0.3) is 0 Å². The van der Waals surface area contributed by atoms with Gasteiger partial charge >= 0.3 is 0 Å². The molecule has 40 heavy (non-hydrogen) atoms. The van der Waals surface area contributed by atoms with Gasteiger partial charge in [-0.3, -0.25) is 9.69 Å². The summed E-state index contributed by atoms with van der Waals surface area (Å²) >= 11 is 0. The second-order valence-electron chi connectivity index (χ2n) is 17.6. The summed E-state index contributed by atoms with van der Waals surface area (Å²) in [5.41, 5.74) is 4.82. The Balaban J connectivity index is 1.35. The van der Waals surface area contributed by atoms with Crippen LogP contribution < -0.4 is 0 Å². The summed E-state index contributed by atoms with van der Waals surface area (Å²) in [5, 5.41) is 0. The fourth-order valence-electron chi connectivity index (χ4n) is 12.6. The molecule has 5 fully saturated rings. The van der Waals surface area contributed by atoms with E-state index in [9.17, 15) is 4.79 Å². The molecule has 1 aliphatic heterocycles. The van der Waals surface area contributed by atoms with Gasteiger partial charge in [-0.25, -0.2) is 0 Å². The molecule has 0 spiro atoms. The molecule has 3 heteroatoms. The molecule has 0 aromatic rings. The van der Waals surface area contributed by atoms with E-state index in [1.807, 2.05) is 0 Å². The number of carbonyl (C=O) groups is 1. The summed E-state index contributed by atoms with van der Waals surface area (Å²) < 4.78 is 0. The molecular weight excluding hydrogens is 488 g/mol. The molecule has 6 rings (SSSR count). The van der Waals surface area contributed by atoms with Gasteiger partial charge in [-0.15, -0.1) is 0 Å². The van der Waals surface area contributed by atoms with Crippen molar-refractivity contribution in [1.29, 1.82) is 0 Å². The molecule has 6 aliphatic rings. The molecule has 8 atom stereocenters. The molecule has 0 aromatic heterocycles. The van der Waals surface area contributed by atoms with E-state index < -0.39 is 0 Å². The van der Waals surface area contributed by atoms with Crippen LogP contribution >= 0.6 is 0 Å². The van der Waals surface area contributed by atoms with Crippen molar-refractivity contribution in [3.8, 4) is 0 Å². The van der Waals surface area contributed by atoms with Crippen LogP contribution in [-0.2, 0) is 4.79 Å². The van der Waals surface area contributed by atoms with Crippen LogP contribution in [0.2, 0.25) is 0 Å². The molecule has 1 heterocycles. The van der Waals surface area contributed by atoms with Crippen molar-refractivity contribution < 1.29 is 4.79 Å². The number of nitrogens with zero attached hydrogens (tertiary/aromatic N) is 2. The van der Waals surface area contributed by atoms with E-state index in [0.29, 0.717) is 45.8 Å². The van der Waals surface area contributed by atoms with Crippen molar-refractivity contribution in [2.24, 2.45) is 56.7 Å². The largest absolute Gasteiger partial charge is 0.304 e. The molecule has 1 saturated heterocycles. The normalized spacial score (nSPS) is 47.5. The Morgan fingerprint density at radius 3 is 2.20 bits per heavy atom. The van der Waals surface area contributed by atoms with Gasteiger partial charge in [0.1, 0.15) is 0 Å². The first-order chi connectivity index (χ1) is 18.7. The molecule has 0 radical (unpaired) electrons. The number of rotatable bonds is 4. The van der Waals surface area contributed by atoms with Crippen LogP contribution in [0.5, 0.6) is 0 Å². The van der Waals surface area contributed by atoms with Crippen molar-refractivity contribution in [3.63, 3.8) is 0 Å². The number of piperazine rings is 1. The molecule has 0 unspecified atom stereocenters. The predicted molar refractivity (Wildman–Crippen MR) is 167 cm³/mol. The molecule has 0 aromatic carbocycles. The number of likely N-dealkylation sites (N-methyl/N-ethyl adjacent to an activating group) is 1. The number of ketones is 1. The average molecular weight is 551 g/mol. The van der Waals surface area contributed by atoms with E-state index in [0.717, 1.165) is 56.8 Å². The summed E-state index contributed by atoms with van der Waals surface area (Å²) in [7, 11) is 2.21. The number of hydrogen-bond donors (Lipinski definition) is 0. The van der Waals surface area contributed by atoms with Gasteiger partial charge < -0.3 is 4.90 Å². The zero-order chi connectivity index (χ0) is 28.9. The highest BCUT2D eigenvalue weighted by atomic mass is 16.1. The highest BCUT2D eigenvalue weighted by Crippen LogP contribution is 2.77. The van der Waals surface area contributed by atoms with E-state index in [1.54, 1.807) is 11.1 Å². The van der Waals surface area contributed by atoms with Gasteiger partial charge in [-0.05, 0) is 123 Å². The minimum Gasteiger partial charge on any atom is -0.304 e. The fraction of sp³-hybridized carbons (Fsp3) is 0.919. The van der Waals surface area contributed by atoms with E-state index in [4.69, 9.17) is 0 Å². The predicted octanol–water partition coefficient (Wildman–Crippen LogP) is 8.24. The molecule has 0 N–H and O–H groups in total. The Kier molecular flexibility index (Phi) is 7.11. The third kappa shape index (κ3) is 3.90. The van der Waals surface area contributed by atoms with Gasteiger partial charge in [0, 0.05) is 26.2 Å². The van der Waals surface area contributed by atoms with Crippen molar-refractivity contribution in [1.82, 2.24) is 9.80 Å². The van der Waals surface area contributed by atoms with Gasteiger partial charge in [0.2, 0.25) is 0 Å². The monoisotopic (exact) mass is 550 g/mol. The first-order valence-electron chi connectivity index (χ1n) is 17.4. The minimum atomic E-state index is -0.167. The van der Waals surface area contributed by atoms with E-state index in [-0.39, 0.29) is 5.41 Å². The lowest BCUT2D eigenvalue weighted by Gasteiger charge is -2.72. The molecular formula is C37H62N2O. The van der Waals surface area contributed by atoms with Crippen LogP contribution in [-0.4, -0.2) is 55.4 Å². The summed E-state index contributed by atoms with van der Waals surface area (Å²) in [4.78, 5) is 19.4. The van der Waals surface area contributed by atoms with Gasteiger partial charge in [-0.1, -0.05) is 66.5 Å². The van der Waals surface area contributed by atoms with E-state index in [1.165, 1.54) is 51.4 Å². The zero-order valence-electron chi connectivity index (χ0n) is 27.8. The van der Waals surface area contributed by atoms with E-state index in [2.05, 4.69) is 72.2 Å². The lowest BCUT2D eigenvalue weighted by atomic mass is 9.32. The third-order valence-corrected chi connectivity index (χ3v) is 15.7. The number of hydrogen-bond acceptors (Lipinski definition) is 3. The SMILES string of the molecule is CC(C)C1=C2[C@H]3CC[C@@H]4[C@@]5(C)CC[C@H](C)C(C)(C)[C@@H]5CC[C@@]4(C)[C@]3(C)CC[C@@]2(C(=O)CN2CCN(C)CC2)CC1. The summed E-state index contributed by atoms with van der Waals surface area (Å²) in [6.07, 6.45) is 13.0. The Hall–Kier alpha value is -0.670. The number of Topliss-reactive ketones (excluding diaryl/α,β-unsaturated/α-hetero) is 1. The maximum atomic E-state index is 14.5. The fourth-order valence-corrected chi connectivity index (χ4v) is 12.6. The van der Waals surface area contributed by atoms with Crippen LogP contribution in [0.4, 0.5) is 0 Å². The van der Waals surface area contributed by atoms with Crippen LogP contribution in [0, 0.1) is 56.7 Å². The van der Waals surface area contributed by atoms with Crippen LogP contribution in [0.15, 0.2) is 11.1 Å². The van der Waals surface area contributed by atoms with Crippen LogP contribution in [0.1, 0.15) is 120 Å². The second kappa shape index (κ2) is 9.67. The Morgan fingerprint density at radius 1 is 0.825 bits per heavy atom. The van der Waals surface area contributed by atoms with Crippen LogP contribution in [0.25, 0.3) is 0 Å². The smallest absolute Gasteiger partial charge is 0.157 e. The van der Waals surface area contributed by atoms with Crippen molar-refractivity contribution in [3.05, 3.63) is 11.1 Å². The Morgan fingerprint density at radius 2 is 1.52 bits per heavy atom. The maximum absolute atomic E-state index is 14.5. The van der Waals surface area contributed by atoms with Gasteiger partial charge in [0.15, 0.2) is 5.78 Å². The second-order valence-corrected chi connectivity index (χ2v) is 17.6. The van der Waals surface area contributed by atoms with E-state index >= 15 is 0 Å². The highest BCUT2D eigenvalue weighted by Gasteiger charge is 2.69. The average Bonchev–Trinajstić information content (AvgIpc) is 3.30.